The number of nitro groups is 1. The van der Waals surface area contributed by atoms with Gasteiger partial charge in [-0.1, -0.05) is 29.8 Å². The first-order valence-electron chi connectivity index (χ1n) is 12.1. The molecule has 3 aromatic rings. The number of hydrogen-bond donors (Lipinski definition) is 1. The molecule has 3 aromatic carbocycles. The van der Waals surface area contributed by atoms with Gasteiger partial charge in [0.15, 0.2) is 0 Å². The summed E-state index contributed by atoms with van der Waals surface area (Å²) in [6, 6.07) is 19.4. The molecule has 1 amide bonds. The highest BCUT2D eigenvalue weighted by Gasteiger charge is 2.46. The first-order chi connectivity index (χ1) is 18.2. The van der Waals surface area contributed by atoms with Gasteiger partial charge in [-0.25, -0.2) is 0 Å². The number of nitro benzene ring substituents is 1. The van der Waals surface area contributed by atoms with E-state index in [9.17, 15) is 24.8 Å². The largest absolute Gasteiger partial charge is 0.507 e. The average molecular weight is 516 g/mol. The summed E-state index contributed by atoms with van der Waals surface area (Å²) >= 11 is 0. The Bertz CT molecular complexity index is 1380. The fraction of sp³-hybridized carbons (Fsp3) is 0.241. The topological polar surface area (TPSA) is 113 Å². The SMILES string of the molecule is Cc1cccc(COc2ccc(/C(O)=C3\C(=O)C(=O)N(CCN(C)C)[C@@H]3c3ccc([N+](=O)[O-])cc3)cc2)c1. The normalized spacial score (nSPS) is 16.7. The minimum atomic E-state index is -0.881. The first-order valence-corrected chi connectivity index (χ1v) is 12.1. The molecule has 4 rings (SSSR count). The Morgan fingerprint density at radius 1 is 1.05 bits per heavy atom. The van der Waals surface area contributed by atoms with Crippen LogP contribution < -0.4 is 4.74 Å². The molecule has 196 valence electrons. The van der Waals surface area contributed by atoms with E-state index < -0.39 is 22.7 Å². The van der Waals surface area contributed by atoms with Gasteiger partial charge in [-0.05, 0) is 68.5 Å². The lowest BCUT2D eigenvalue weighted by atomic mass is 9.95. The molecular weight excluding hydrogens is 486 g/mol. The Balaban J connectivity index is 1.66. The third-order valence-electron chi connectivity index (χ3n) is 6.36. The fourth-order valence-electron chi connectivity index (χ4n) is 4.38. The number of carbonyl (C=O) groups is 2. The molecule has 0 saturated carbocycles. The third-order valence-corrected chi connectivity index (χ3v) is 6.36. The van der Waals surface area contributed by atoms with Gasteiger partial charge in [0.05, 0.1) is 16.5 Å². The van der Waals surface area contributed by atoms with Crippen molar-refractivity contribution in [2.75, 3.05) is 27.2 Å². The van der Waals surface area contributed by atoms with E-state index >= 15 is 0 Å². The molecule has 1 atom stereocenters. The number of aryl methyl sites for hydroxylation is 1. The lowest BCUT2D eigenvalue weighted by Crippen LogP contribution is -2.35. The molecule has 1 heterocycles. The van der Waals surface area contributed by atoms with Crippen LogP contribution in [0.3, 0.4) is 0 Å². The number of benzene rings is 3. The number of Topliss-reactive ketones (excluding diaryl/α,β-unsaturated/α-hetero) is 1. The molecule has 1 aliphatic heterocycles. The number of rotatable bonds is 9. The van der Waals surface area contributed by atoms with Gasteiger partial charge in [-0.15, -0.1) is 0 Å². The summed E-state index contributed by atoms with van der Waals surface area (Å²) in [5, 5.41) is 22.4. The molecule has 9 nitrogen and oxygen atoms in total. The van der Waals surface area contributed by atoms with Crippen molar-refractivity contribution in [3.05, 3.63) is 111 Å². The van der Waals surface area contributed by atoms with E-state index in [4.69, 9.17) is 4.74 Å². The molecule has 1 aliphatic rings. The van der Waals surface area contributed by atoms with Gasteiger partial charge in [0.1, 0.15) is 18.1 Å². The summed E-state index contributed by atoms with van der Waals surface area (Å²) in [4.78, 5) is 40.0. The molecule has 0 spiro atoms. The number of ether oxygens (including phenoxy) is 1. The molecule has 0 aliphatic carbocycles. The molecule has 0 bridgehead atoms. The maximum atomic E-state index is 13.1. The quantitative estimate of drug-likeness (QED) is 0.147. The second-order valence-electron chi connectivity index (χ2n) is 9.45. The predicted molar refractivity (Wildman–Crippen MR) is 143 cm³/mol. The Hall–Kier alpha value is -4.50. The van der Waals surface area contributed by atoms with E-state index in [-0.39, 0.29) is 23.6 Å². The van der Waals surface area contributed by atoms with Crippen molar-refractivity contribution in [3.63, 3.8) is 0 Å². The number of aliphatic hydroxyl groups excluding tert-OH is 1. The van der Waals surface area contributed by atoms with Gasteiger partial charge < -0.3 is 19.6 Å². The number of likely N-dealkylation sites (tertiary alicyclic amines) is 1. The van der Waals surface area contributed by atoms with Crippen molar-refractivity contribution in [2.45, 2.75) is 19.6 Å². The monoisotopic (exact) mass is 515 g/mol. The summed E-state index contributed by atoms with van der Waals surface area (Å²) < 4.78 is 5.85. The maximum absolute atomic E-state index is 13.1. The number of aliphatic hydroxyl groups is 1. The molecule has 0 radical (unpaired) electrons. The van der Waals surface area contributed by atoms with Crippen molar-refractivity contribution in [1.29, 1.82) is 0 Å². The molecule has 1 fully saturated rings. The van der Waals surface area contributed by atoms with Gasteiger partial charge in [0.25, 0.3) is 17.4 Å². The minimum absolute atomic E-state index is 0.0592. The van der Waals surface area contributed by atoms with Gasteiger partial charge >= 0.3 is 0 Å². The van der Waals surface area contributed by atoms with E-state index in [0.29, 0.717) is 30.0 Å². The highest BCUT2D eigenvalue weighted by atomic mass is 16.6. The van der Waals surface area contributed by atoms with Crippen LogP contribution in [0.5, 0.6) is 5.75 Å². The van der Waals surface area contributed by atoms with E-state index in [0.717, 1.165) is 11.1 Å². The van der Waals surface area contributed by atoms with Crippen LogP contribution in [0, 0.1) is 17.0 Å². The minimum Gasteiger partial charge on any atom is -0.507 e. The van der Waals surface area contributed by atoms with E-state index in [1.807, 2.05) is 50.2 Å². The van der Waals surface area contributed by atoms with E-state index in [1.54, 1.807) is 24.3 Å². The molecule has 0 unspecified atom stereocenters. The molecular formula is C29H29N3O6. The predicted octanol–water partition coefficient (Wildman–Crippen LogP) is 4.47. The molecule has 9 heteroatoms. The van der Waals surface area contributed by atoms with Crippen LogP contribution in [0.4, 0.5) is 5.69 Å². The number of likely N-dealkylation sites (N-methyl/N-ethyl adjacent to an activating group) is 1. The Morgan fingerprint density at radius 3 is 2.34 bits per heavy atom. The van der Waals surface area contributed by atoms with Crippen molar-refractivity contribution >= 4 is 23.1 Å². The number of hydrogen-bond acceptors (Lipinski definition) is 7. The highest BCUT2D eigenvalue weighted by molar-refractivity contribution is 6.46. The van der Waals surface area contributed by atoms with Gasteiger partial charge in [-0.2, -0.15) is 0 Å². The fourth-order valence-corrected chi connectivity index (χ4v) is 4.38. The highest BCUT2D eigenvalue weighted by Crippen LogP contribution is 2.39. The number of carbonyl (C=O) groups excluding carboxylic acids is 2. The zero-order chi connectivity index (χ0) is 27.4. The lowest BCUT2D eigenvalue weighted by Gasteiger charge is -2.26. The van der Waals surface area contributed by atoms with Crippen LogP contribution >= 0.6 is 0 Å². The smallest absolute Gasteiger partial charge is 0.295 e. The summed E-state index contributed by atoms with van der Waals surface area (Å²) in [7, 11) is 3.69. The number of nitrogens with zero attached hydrogens (tertiary/aromatic N) is 3. The number of ketones is 1. The Kier molecular flexibility index (Phi) is 7.87. The zero-order valence-corrected chi connectivity index (χ0v) is 21.5. The molecule has 0 aromatic heterocycles. The summed E-state index contributed by atoms with van der Waals surface area (Å²) in [5.74, 6) is -1.26. The summed E-state index contributed by atoms with van der Waals surface area (Å²) in [6.07, 6.45) is 0. The van der Waals surface area contributed by atoms with Crippen LogP contribution in [0.15, 0.2) is 78.4 Å². The maximum Gasteiger partial charge on any atom is 0.295 e. The van der Waals surface area contributed by atoms with Crippen molar-refractivity contribution in [1.82, 2.24) is 9.80 Å². The number of non-ortho nitro benzene ring substituents is 1. The summed E-state index contributed by atoms with van der Waals surface area (Å²) in [6.45, 7) is 3.12. The Morgan fingerprint density at radius 2 is 1.74 bits per heavy atom. The standard InChI is InChI=1S/C29H29N3O6/c1-19-5-4-6-20(17-19)18-38-24-13-9-22(10-14-24)27(33)25-26(21-7-11-23(12-8-21)32(36)37)31(16-15-30(2)3)29(35)28(25)34/h4-14,17,26,33H,15-16,18H2,1-3H3/b27-25+/t26-/m1/s1. The number of amides is 1. The van der Waals surface area contributed by atoms with Gasteiger partial charge in [0, 0.05) is 30.8 Å². The molecule has 1 N–H and O–H groups in total. The van der Waals surface area contributed by atoms with Gasteiger partial charge in [-0.3, -0.25) is 19.7 Å². The van der Waals surface area contributed by atoms with Crippen molar-refractivity contribution in [3.8, 4) is 5.75 Å². The van der Waals surface area contributed by atoms with Crippen LogP contribution in [-0.2, 0) is 16.2 Å². The van der Waals surface area contributed by atoms with Crippen LogP contribution in [0.25, 0.3) is 5.76 Å². The van der Waals surface area contributed by atoms with Crippen LogP contribution in [0.2, 0.25) is 0 Å². The lowest BCUT2D eigenvalue weighted by molar-refractivity contribution is -0.384. The van der Waals surface area contributed by atoms with Crippen molar-refractivity contribution in [2.24, 2.45) is 0 Å². The van der Waals surface area contributed by atoms with Gasteiger partial charge in [0.2, 0.25) is 0 Å². The van der Waals surface area contributed by atoms with Crippen LogP contribution in [0.1, 0.15) is 28.3 Å². The second kappa shape index (κ2) is 11.3. The van der Waals surface area contributed by atoms with E-state index in [2.05, 4.69) is 0 Å². The third kappa shape index (κ3) is 5.73. The zero-order valence-electron chi connectivity index (χ0n) is 21.5. The molecule has 38 heavy (non-hydrogen) atoms. The molecule has 1 saturated heterocycles. The Labute approximate surface area is 220 Å². The first kappa shape index (κ1) is 26.6. The summed E-state index contributed by atoms with van der Waals surface area (Å²) in [5.41, 5.74) is 2.84. The van der Waals surface area contributed by atoms with E-state index in [1.165, 1.54) is 29.2 Å². The second-order valence-corrected chi connectivity index (χ2v) is 9.45. The van der Waals surface area contributed by atoms with Crippen molar-refractivity contribution < 1.29 is 24.4 Å². The van der Waals surface area contributed by atoms with Crippen LogP contribution in [-0.4, -0.2) is 58.7 Å². The average Bonchev–Trinajstić information content (AvgIpc) is 3.15.